The third-order valence-corrected chi connectivity index (χ3v) is 5.13. The van der Waals surface area contributed by atoms with E-state index in [1.165, 1.54) is 0 Å². The molecule has 0 fully saturated rings. The molecule has 0 aliphatic carbocycles. The van der Waals surface area contributed by atoms with Crippen LogP contribution in [-0.4, -0.2) is 48.5 Å². The van der Waals surface area contributed by atoms with Gasteiger partial charge in [0.05, 0.1) is 21.5 Å². The fraction of sp³-hybridized carbons (Fsp3) is 0.556. The van der Waals surface area contributed by atoms with Crippen molar-refractivity contribution in [2.45, 2.75) is 26.3 Å². The lowest BCUT2D eigenvalue weighted by Crippen LogP contribution is -2.35. The van der Waals surface area contributed by atoms with Gasteiger partial charge in [0.1, 0.15) is 10.4 Å². The maximum Gasteiger partial charge on any atom is 0.342 e. The lowest BCUT2D eigenvalue weighted by Gasteiger charge is -2.23. The van der Waals surface area contributed by atoms with E-state index in [0.29, 0.717) is 0 Å². The van der Waals surface area contributed by atoms with Crippen LogP contribution in [0, 0.1) is 0 Å². The summed E-state index contributed by atoms with van der Waals surface area (Å²) in [7, 11) is 0. The normalized spacial score (nSPS) is 17.4. The van der Waals surface area contributed by atoms with Gasteiger partial charge in [-0.15, -0.1) is 69.6 Å². The summed E-state index contributed by atoms with van der Waals surface area (Å²) in [4.78, 5) is 20.3. The molecule has 0 aliphatic rings. The second-order valence-electron chi connectivity index (χ2n) is 3.30. The van der Waals surface area contributed by atoms with Crippen molar-refractivity contribution in [1.82, 2.24) is 0 Å². The molecule has 0 heterocycles. The van der Waals surface area contributed by atoms with Crippen molar-refractivity contribution >= 4 is 81.5 Å². The van der Waals surface area contributed by atoms with Gasteiger partial charge in [0.15, 0.2) is 0 Å². The van der Waals surface area contributed by atoms with E-state index in [0.717, 1.165) is 6.08 Å². The average molecular weight is 393 g/mol. The molecule has 2 N–H and O–H groups in total. The smallest absolute Gasteiger partial charge is 0.342 e. The van der Waals surface area contributed by atoms with Gasteiger partial charge in [0.2, 0.25) is 0 Å². The highest BCUT2D eigenvalue weighted by molar-refractivity contribution is 6.50. The molecular formula is C9H8Cl6O4. The van der Waals surface area contributed by atoms with Gasteiger partial charge in [-0.2, -0.15) is 0 Å². The Morgan fingerprint density at radius 3 is 1.53 bits per heavy atom. The average Bonchev–Trinajstić information content (AvgIpc) is 2.31. The van der Waals surface area contributed by atoms with Crippen LogP contribution < -0.4 is 0 Å². The molecular weight excluding hydrogens is 385 g/mol. The maximum absolute atomic E-state index is 10.7. The van der Waals surface area contributed by atoms with Crippen LogP contribution in [0.1, 0.15) is 0 Å². The van der Waals surface area contributed by atoms with Crippen LogP contribution in [0.25, 0.3) is 0 Å². The first-order chi connectivity index (χ1) is 8.59. The molecule has 4 unspecified atom stereocenters. The monoisotopic (exact) mass is 390 g/mol. The molecule has 0 spiro atoms. The van der Waals surface area contributed by atoms with Crippen molar-refractivity contribution in [2.75, 3.05) is 0 Å². The number of aliphatic carboxylic acids is 2. The van der Waals surface area contributed by atoms with Crippen LogP contribution in [0.5, 0.6) is 0 Å². The van der Waals surface area contributed by atoms with Gasteiger partial charge in [-0.3, -0.25) is 0 Å². The molecule has 110 valence electrons. The topological polar surface area (TPSA) is 74.6 Å². The summed E-state index contributed by atoms with van der Waals surface area (Å²) < 4.78 is 0. The standard InChI is InChI=1S/C9H8Cl6O4/c10-3(1-2(8(16)17)9(18)19)4(11)5(12)6(13)7(14)15/h1,3-7H,(H,16,17)(H,18,19). The highest BCUT2D eigenvalue weighted by atomic mass is 35.5. The molecule has 0 bridgehead atoms. The number of rotatable bonds is 7. The Bertz CT molecular complexity index is 356. The molecule has 0 aromatic rings. The number of carboxylic acids is 2. The summed E-state index contributed by atoms with van der Waals surface area (Å²) >= 11 is 34.4. The van der Waals surface area contributed by atoms with Crippen molar-refractivity contribution in [2.24, 2.45) is 0 Å². The second kappa shape index (κ2) is 8.65. The van der Waals surface area contributed by atoms with E-state index >= 15 is 0 Å². The molecule has 0 saturated heterocycles. The highest BCUT2D eigenvalue weighted by Crippen LogP contribution is 2.30. The Labute approximate surface area is 139 Å². The van der Waals surface area contributed by atoms with Crippen LogP contribution >= 0.6 is 69.6 Å². The van der Waals surface area contributed by atoms with Crippen LogP contribution in [0.15, 0.2) is 11.6 Å². The molecule has 0 saturated carbocycles. The summed E-state index contributed by atoms with van der Waals surface area (Å²) in [5, 5.41) is 13.1. The predicted octanol–water partition coefficient (Wildman–Crippen LogP) is 3.32. The van der Waals surface area contributed by atoms with Gasteiger partial charge in [-0.05, 0) is 6.08 Å². The van der Waals surface area contributed by atoms with E-state index in [4.69, 9.17) is 79.8 Å². The van der Waals surface area contributed by atoms with E-state index in [1.54, 1.807) is 0 Å². The molecule has 0 amide bonds. The van der Waals surface area contributed by atoms with E-state index in [9.17, 15) is 9.59 Å². The molecule has 0 radical (unpaired) electrons. The Morgan fingerprint density at radius 1 is 0.789 bits per heavy atom. The van der Waals surface area contributed by atoms with Crippen LogP contribution in [0.4, 0.5) is 0 Å². The molecule has 0 aliphatic heterocycles. The fourth-order valence-electron chi connectivity index (χ4n) is 0.975. The van der Waals surface area contributed by atoms with E-state index in [-0.39, 0.29) is 0 Å². The number of carbonyl (C=O) groups is 2. The van der Waals surface area contributed by atoms with E-state index < -0.39 is 43.9 Å². The van der Waals surface area contributed by atoms with Gasteiger partial charge >= 0.3 is 11.9 Å². The van der Waals surface area contributed by atoms with Gasteiger partial charge < -0.3 is 10.2 Å². The van der Waals surface area contributed by atoms with Crippen LogP contribution in [-0.2, 0) is 9.59 Å². The Hall–Kier alpha value is 0.420. The zero-order valence-electron chi connectivity index (χ0n) is 8.94. The SMILES string of the molecule is O=C(O)C(=CC(Cl)C(Cl)C(Cl)C(Cl)C(Cl)Cl)C(=O)O. The van der Waals surface area contributed by atoms with Crippen molar-refractivity contribution in [3.8, 4) is 0 Å². The molecule has 4 atom stereocenters. The summed E-state index contributed by atoms with van der Waals surface area (Å²) in [6.45, 7) is 0. The number of alkyl halides is 6. The third kappa shape index (κ3) is 6.15. The molecule has 0 rings (SSSR count). The van der Waals surface area contributed by atoms with Gasteiger partial charge in [0.25, 0.3) is 0 Å². The molecule has 0 aromatic heterocycles. The zero-order valence-corrected chi connectivity index (χ0v) is 13.5. The summed E-state index contributed by atoms with van der Waals surface area (Å²) in [5.74, 6) is -3.30. The fourth-order valence-corrected chi connectivity index (χ4v) is 2.56. The second-order valence-corrected chi connectivity index (χ2v) is 6.48. The zero-order chi connectivity index (χ0) is 15.3. The Balaban J connectivity index is 5.00. The van der Waals surface area contributed by atoms with Crippen molar-refractivity contribution < 1.29 is 19.8 Å². The van der Waals surface area contributed by atoms with Crippen LogP contribution in [0.3, 0.4) is 0 Å². The lowest BCUT2D eigenvalue weighted by atomic mass is 10.1. The number of hydrogen-bond acceptors (Lipinski definition) is 2. The summed E-state index contributed by atoms with van der Waals surface area (Å²) in [6.07, 6.45) is 0.764. The molecule has 19 heavy (non-hydrogen) atoms. The minimum absolute atomic E-state index is 0.764. The number of carboxylic acid groups (broad SMARTS) is 2. The van der Waals surface area contributed by atoms with Crippen molar-refractivity contribution in [1.29, 1.82) is 0 Å². The first-order valence-corrected chi connectivity index (χ1v) is 7.24. The Kier molecular flexibility index (Phi) is 8.84. The lowest BCUT2D eigenvalue weighted by molar-refractivity contribution is -0.140. The molecule has 4 nitrogen and oxygen atoms in total. The van der Waals surface area contributed by atoms with Gasteiger partial charge in [-0.25, -0.2) is 9.59 Å². The summed E-state index contributed by atoms with van der Waals surface area (Å²) in [6, 6.07) is 0. The predicted molar refractivity (Wildman–Crippen MR) is 77.4 cm³/mol. The number of allylic oxidation sites excluding steroid dienone is 1. The van der Waals surface area contributed by atoms with E-state index in [1.807, 2.05) is 0 Å². The Morgan fingerprint density at radius 2 is 1.21 bits per heavy atom. The largest absolute Gasteiger partial charge is 0.477 e. The molecule has 10 heteroatoms. The van der Waals surface area contributed by atoms with Gasteiger partial charge in [-0.1, -0.05) is 0 Å². The first-order valence-electron chi connectivity index (χ1n) is 4.62. The highest BCUT2D eigenvalue weighted by Gasteiger charge is 2.34. The summed E-state index contributed by atoms with van der Waals surface area (Å²) in [5.41, 5.74) is -0.922. The van der Waals surface area contributed by atoms with E-state index in [2.05, 4.69) is 0 Å². The van der Waals surface area contributed by atoms with Crippen LogP contribution in [0.2, 0.25) is 0 Å². The quantitative estimate of drug-likeness (QED) is 0.301. The van der Waals surface area contributed by atoms with Gasteiger partial charge in [0, 0.05) is 0 Å². The molecule has 0 aromatic carbocycles. The first kappa shape index (κ1) is 19.4. The minimum Gasteiger partial charge on any atom is -0.477 e. The van der Waals surface area contributed by atoms with Crippen molar-refractivity contribution in [3.63, 3.8) is 0 Å². The van der Waals surface area contributed by atoms with Crippen molar-refractivity contribution in [3.05, 3.63) is 11.6 Å². The maximum atomic E-state index is 10.7. The third-order valence-electron chi connectivity index (χ3n) is 1.94. The number of hydrogen-bond donors (Lipinski definition) is 2. The minimum atomic E-state index is -1.65. The number of halogens is 6.